The average Bonchev–Trinajstić information content (AvgIpc) is 3.17. The van der Waals surface area contributed by atoms with Crippen molar-refractivity contribution in [2.24, 2.45) is 0 Å². The molecular weight excluding hydrogens is 268 g/mol. The molecule has 1 fully saturated rings. The highest BCUT2D eigenvalue weighted by atomic mass is 16.5. The van der Waals surface area contributed by atoms with Gasteiger partial charge in [0.25, 0.3) is 5.91 Å². The van der Waals surface area contributed by atoms with Crippen molar-refractivity contribution in [3.8, 4) is 5.75 Å². The van der Waals surface area contributed by atoms with E-state index in [9.17, 15) is 4.79 Å². The van der Waals surface area contributed by atoms with Crippen molar-refractivity contribution < 1.29 is 9.53 Å². The van der Waals surface area contributed by atoms with Crippen LogP contribution in [0.5, 0.6) is 5.75 Å². The molecule has 2 aromatic rings. The SMILES string of the molecule is COc1ccc(C(=O)N2CCC(n3nccn3)C2)cc1C. The molecule has 1 atom stereocenters. The lowest BCUT2D eigenvalue weighted by Gasteiger charge is -2.17. The highest BCUT2D eigenvalue weighted by Gasteiger charge is 2.29. The fourth-order valence-corrected chi connectivity index (χ4v) is 2.72. The molecule has 1 unspecified atom stereocenters. The van der Waals surface area contributed by atoms with Gasteiger partial charge in [-0.3, -0.25) is 4.79 Å². The van der Waals surface area contributed by atoms with Crippen LogP contribution in [0.4, 0.5) is 0 Å². The molecule has 1 aromatic carbocycles. The molecule has 6 heteroatoms. The Morgan fingerprint density at radius 1 is 1.33 bits per heavy atom. The highest BCUT2D eigenvalue weighted by molar-refractivity contribution is 5.94. The number of hydrogen-bond acceptors (Lipinski definition) is 4. The van der Waals surface area contributed by atoms with Crippen molar-refractivity contribution >= 4 is 5.91 Å². The van der Waals surface area contributed by atoms with E-state index in [1.54, 1.807) is 24.3 Å². The second-order valence-corrected chi connectivity index (χ2v) is 5.23. The van der Waals surface area contributed by atoms with Gasteiger partial charge in [0, 0.05) is 18.7 Å². The maximum atomic E-state index is 12.5. The first kappa shape index (κ1) is 13.6. The number of nitrogens with zero attached hydrogens (tertiary/aromatic N) is 4. The Morgan fingerprint density at radius 3 is 2.76 bits per heavy atom. The standard InChI is InChI=1S/C15H18N4O2/c1-11-9-12(3-4-14(11)21-2)15(20)18-8-5-13(10-18)19-16-6-7-17-19/h3-4,6-7,9,13H,5,8,10H2,1-2H3. The smallest absolute Gasteiger partial charge is 0.253 e. The number of carbonyl (C=O) groups is 1. The van der Waals surface area contributed by atoms with Gasteiger partial charge < -0.3 is 9.64 Å². The molecule has 0 bridgehead atoms. The Kier molecular flexibility index (Phi) is 3.60. The Balaban J connectivity index is 1.73. The lowest BCUT2D eigenvalue weighted by atomic mass is 10.1. The van der Waals surface area contributed by atoms with Crippen LogP contribution in [-0.2, 0) is 0 Å². The number of aromatic nitrogens is 3. The molecule has 110 valence electrons. The van der Waals surface area contributed by atoms with E-state index in [-0.39, 0.29) is 11.9 Å². The second-order valence-electron chi connectivity index (χ2n) is 5.23. The molecule has 1 aliphatic rings. The third-order valence-corrected chi connectivity index (χ3v) is 3.86. The molecule has 6 nitrogen and oxygen atoms in total. The number of benzene rings is 1. The van der Waals surface area contributed by atoms with Crippen molar-refractivity contribution in [1.82, 2.24) is 19.9 Å². The second kappa shape index (κ2) is 5.55. The average molecular weight is 286 g/mol. The number of likely N-dealkylation sites (tertiary alicyclic amines) is 1. The quantitative estimate of drug-likeness (QED) is 0.861. The van der Waals surface area contributed by atoms with E-state index >= 15 is 0 Å². The highest BCUT2D eigenvalue weighted by Crippen LogP contribution is 2.24. The lowest BCUT2D eigenvalue weighted by molar-refractivity contribution is 0.0786. The van der Waals surface area contributed by atoms with Gasteiger partial charge in [-0.25, -0.2) is 0 Å². The zero-order valence-electron chi connectivity index (χ0n) is 12.2. The van der Waals surface area contributed by atoms with Crippen LogP contribution in [0.1, 0.15) is 28.4 Å². The zero-order valence-corrected chi connectivity index (χ0v) is 12.2. The van der Waals surface area contributed by atoms with Crippen LogP contribution in [0.25, 0.3) is 0 Å². The molecular formula is C15H18N4O2. The third-order valence-electron chi connectivity index (χ3n) is 3.86. The molecule has 0 saturated carbocycles. The molecule has 0 radical (unpaired) electrons. The Labute approximate surface area is 123 Å². The van der Waals surface area contributed by atoms with Crippen LogP contribution in [0.3, 0.4) is 0 Å². The van der Waals surface area contributed by atoms with Gasteiger partial charge in [-0.2, -0.15) is 15.0 Å². The first-order valence-corrected chi connectivity index (χ1v) is 6.99. The number of hydrogen-bond donors (Lipinski definition) is 0. The minimum Gasteiger partial charge on any atom is -0.496 e. The van der Waals surface area contributed by atoms with E-state index in [0.29, 0.717) is 12.1 Å². The Morgan fingerprint density at radius 2 is 2.10 bits per heavy atom. The molecule has 3 rings (SSSR count). The molecule has 21 heavy (non-hydrogen) atoms. The predicted octanol–water partition coefficient (Wildman–Crippen LogP) is 1.68. The van der Waals surface area contributed by atoms with Crippen LogP contribution in [0, 0.1) is 6.92 Å². The van der Waals surface area contributed by atoms with Gasteiger partial charge in [-0.05, 0) is 37.1 Å². The molecule has 0 N–H and O–H groups in total. The van der Waals surface area contributed by atoms with Crippen LogP contribution >= 0.6 is 0 Å². The maximum absolute atomic E-state index is 12.5. The van der Waals surface area contributed by atoms with E-state index < -0.39 is 0 Å². The van der Waals surface area contributed by atoms with Gasteiger partial charge in [0.2, 0.25) is 0 Å². The van der Waals surface area contributed by atoms with Gasteiger partial charge in [0.15, 0.2) is 0 Å². The fraction of sp³-hybridized carbons (Fsp3) is 0.400. The number of carbonyl (C=O) groups excluding carboxylic acids is 1. The number of ether oxygens (including phenoxy) is 1. The van der Waals surface area contributed by atoms with Crippen LogP contribution in [0.2, 0.25) is 0 Å². The van der Waals surface area contributed by atoms with Gasteiger partial charge in [0.1, 0.15) is 5.75 Å². The van der Waals surface area contributed by atoms with Crippen LogP contribution in [-0.4, -0.2) is 46.0 Å². The zero-order chi connectivity index (χ0) is 14.8. The molecule has 1 saturated heterocycles. The summed E-state index contributed by atoms with van der Waals surface area (Å²) < 4.78 is 5.23. The van der Waals surface area contributed by atoms with Crippen molar-refractivity contribution in [3.05, 3.63) is 41.7 Å². The largest absolute Gasteiger partial charge is 0.496 e. The summed E-state index contributed by atoms with van der Waals surface area (Å²) in [6.45, 7) is 3.32. The van der Waals surface area contributed by atoms with E-state index in [1.807, 2.05) is 30.0 Å². The molecule has 1 aromatic heterocycles. The van der Waals surface area contributed by atoms with Crippen molar-refractivity contribution in [1.29, 1.82) is 0 Å². The summed E-state index contributed by atoms with van der Waals surface area (Å²) in [5, 5.41) is 8.31. The first-order chi connectivity index (χ1) is 10.2. The number of amides is 1. The van der Waals surface area contributed by atoms with Crippen molar-refractivity contribution in [2.45, 2.75) is 19.4 Å². The van der Waals surface area contributed by atoms with Crippen LogP contribution < -0.4 is 4.74 Å². The predicted molar refractivity (Wildman–Crippen MR) is 77.3 cm³/mol. The molecule has 0 spiro atoms. The fourth-order valence-electron chi connectivity index (χ4n) is 2.72. The minimum atomic E-state index is 0.0513. The third kappa shape index (κ3) is 2.61. The van der Waals surface area contributed by atoms with Gasteiger partial charge in [-0.1, -0.05) is 0 Å². The number of rotatable bonds is 3. The van der Waals surface area contributed by atoms with E-state index in [4.69, 9.17) is 4.74 Å². The van der Waals surface area contributed by atoms with E-state index in [0.717, 1.165) is 24.3 Å². The molecule has 0 aliphatic carbocycles. The lowest BCUT2D eigenvalue weighted by Crippen LogP contribution is -2.29. The summed E-state index contributed by atoms with van der Waals surface area (Å²) in [7, 11) is 1.63. The first-order valence-electron chi connectivity index (χ1n) is 6.99. The number of aryl methyl sites for hydroxylation is 1. The molecule has 1 aliphatic heterocycles. The van der Waals surface area contributed by atoms with E-state index in [2.05, 4.69) is 10.2 Å². The summed E-state index contributed by atoms with van der Waals surface area (Å²) in [4.78, 5) is 16.1. The summed E-state index contributed by atoms with van der Waals surface area (Å²) in [5.74, 6) is 0.849. The minimum absolute atomic E-state index is 0.0513. The van der Waals surface area contributed by atoms with Crippen molar-refractivity contribution in [3.63, 3.8) is 0 Å². The van der Waals surface area contributed by atoms with E-state index in [1.165, 1.54) is 0 Å². The Bertz CT molecular complexity index is 639. The Hall–Kier alpha value is -2.37. The number of methoxy groups -OCH3 is 1. The van der Waals surface area contributed by atoms with Gasteiger partial charge in [0.05, 0.1) is 25.5 Å². The van der Waals surface area contributed by atoms with Gasteiger partial charge in [-0.15, -0.1) is 0 Å². The molecule has 1 amide bonds. The summed E-state index contributed by atoms with van der Waals surface area (Å²) in [5.41, 5.74) is 1.66. The monoisotopic (exact) mass is 286 g/mol. The normalized spacial score (nSPS) is 18.0. The van der Waals surface area contributed by atoms with Crippen LogP contribution in [0.15, 0.2) is 30.6 Å². The summed E-state index contributed by atoms with van der Waals surface area (Å²) >= 11 is 0. The summed E-state index contributed by atoms with van der Waals surface area (Å²) in [6, 6.07) is 5.70. The maximum Gasteiger partial charge on any atom is 0.253 e. The topological polar surface area (TPSA) is 60.2 Å². The van der Waals surface area contributed by atoms with Crippen molar-refractivity contribution in [2.75, 3.05) is 20.2 Å². The summed E-state index contributed by atoms with van der Waals surface area (Å²) in [6.07, 6.45) is 4.21. The molecule has 2 heterocycles. The van der Waals surface area contributed by atoms with Gasteiger partial charge >= 0.3 is 0 Å².